The van der Waals surface area contributed by atoms with Gasteiger partial charge in [0.05, 0.1) is 19.2 Å². The van der Waals surface area contributed by atoms with Gasteiger partial charge in [-0.3, -0.25) is 0 Å². The van der Waals surface area contributed by atoms with E-state index in [1.165, 1.54) is 0 Å². The molecule has 0 aromatic heterocycles. The first-order chi connectivity index (χ1) is 12.1. The van der Waals surface area contributed by atoms with Crippen LogP contribution < -0.4 is 15.4 Å². The number of ether oxygens (including phenoxy) is 1. The molecule has 4 nitrogen and oxygen atoms in total. The molecule has 2 aromatic rings. The summed E-state index contributed by atoms with van der Waals surface area (Å²) in [7, 11) is 1.65. The Morgan fingerprint density at radius 3 is 2.44 bits per heavy atom. The average Bonchev–Trinajstić information content (AvgIpc) is 3.45. The van der Waals surface area contributed by atoms with Crippen LogP contribution in [0.2, 0.25) is 5.02 Å². The van der Waals surface area contributed by atoms with Gasteiger partial charge < -0.3 is 15.4 Å². The zero-order valence-electron chi connectivity index (χ0n) is 14.5. The zero-order chi connectivity index (χ0) is 17.8. The van der Waals surface area contributed by atoms with E-state index in [0.717, 1.165) is 29.7 Å². The smallest absolute Gasteiger partial charge is 0.315 e. The summed E-state index contributed by atoms with van der Waals surface area (Å²) in [4.78, 5) is 12.5. The van der Waals surface area contributed by atoms with Crippen LogP contribution in [-0.4, -0.2) is 13.1 Å². The number of urea groups is 1. The quantitative estimate of drug-likeness (QED) is 0.774. The summed E-state index contributed by atoms with van der Waals surface area (Å²) in [6, 6.07) is 15.2. The highest BCUT2D eigenvalue weighted by atomic mass is 35.5. The van der Waals surface area contributed by atoms with Crippen molar-refractivity contribution in [2.45, 2.75) is 31.8 Å². The predicted molar refractivity (Wildman–Crippen MR) is 100.0 cm³/mol. The number of halogens is 1. The number of hydrogen-bond donors (Lipinski definition) is 2. The molecule has 1 aliphatic carbocycles. The topological polar surface area (TPSA) is 50.4 Å². The standard InChI is InChI=1S/C20H23ClN2O2/c1-13(16-4-3-5-17(21)12-16)22-20(24)23-19(14-6-7-14)15-8-10-18(25-2)11-9-15/h3-5,8-14,19H,6-7H2,1-2H3,(H2,22,23,24). The van der Waals surface area contributed by atoms with E-state index in [9.17, 15) is 4.79 Å². The summed E-state index contributed by atoms with van der Waals surface area (Å²) in [5.74, 6) is 1.32. The van der Waals surface area contributed by atoms with Crippen LogP contribution in [0.1, 0.15) is 43.0 Å². The fourth-order valence-corrected chi connectivity index (χ4v) is 3.15. The Labute approximate surface area is 153 Å². The highest BCUT2D eigenvalue weighted by Crippen LogP contribution is 2.41. The predicted octanol–water partition coefficient (Wildman–Crippen LogP) is 4.86. The molecule has 1 aliphatic rings. The Hall–Kier alpha value is -2.20. The Kier molecular flexibility index (Phi) is 5.49. The molecule has 5 heteroatoms. The minimum Gasteiger partial charge on any atom is -0.497 e. The van der Waals surface area contributed by atoms with E-state index in [-0.39, 0.29) is 18.1 Å². The number of benzene rings is 2. The first kappa shape index (κ1) is 17.6. The number of carbonyl (C=O) groups excluding carboxylic acids is 1. The zero-order valence-corrected chi connectivity index (χ0v) is 15.2. The lowest BCUT2D eigenvalue weighted by molar-refractivity contribution is 0.232. The van der Waals surface area contributed by atoms with E-state index in [1.54, 1.807) is 7.11 Å². The molecule has 132 valence electrons. The molecule has 2 unspecified atom stereocenters. The third kappa shape index (κ3) is 4.67. The van der Waals surface area contributed by atoms with Crippen molar-refractivity contribution in [1.29, 1.82) is 0 Å². The summed E-state index contributed by atoms with van der Waals surface area (Å²) in [5.41, 5.74) is 2.09. The molecule has 2 atom stereocenters. The van der Waals surface area contributed by atoms with Crippen molar-refractivity contribution in [3.63, 3.8) is 0 Å². The Morgan fingerprint density at radius 2 is 1.84 bits per heavy atom. The van der Waals surface area contributed by atoms with Crippen LogP contribution in [0.3, 0.4) is 0 Å². The Bertz CT molecular complexity index is 729. The van der Waals surface area contributed by atoms with Gasteiger partial charge in [0.15, 0.2) is 0 Å². The summed E-state index contributed by atoms with van der Waals surface area (Å²) in [6.45, 7) is 1.95. The Balaban J connectivity index is 1.64. The normalized spacial score (nSPS) is 16.0. The summed E-state index contributed by atoms with van der Waals surface area (Å²) in [6.07, 6.45) is 2.28. The maximum Gasteiger partial charge on any atom is 0.315 e. The largest absolute Gasteiger partial charge is 0.497 e. The lowest BCUT2D eigenvalue weighted by Crippen LogP contribution is -2.39. The molecule has 0 aliphatic heterocycles. The molecule has 1 fully saturated rings. The minimum absolute atomic E-state index is 0.0254. The molecule has 2 aromatic carbocycles. The molecule has 3 rings (SSSR count). The van der Waals surface area contributed by atoms with Gasteiger partial charge in [-0.25, -0.2) is 4.79 Å². The van der Waals surface area contributed by atoms with Crippen LogP contribution in [0.25, 0.3) is 0 Å². The number of rotatable bonds is 6. The van der Waals surface area contributed by atoms with E-state index in [4.69, 9.17) is 16.3 Å². The molecular formula is C20H23ClN2O2. The third-order valence-corrected chi connectivity index (χ3v) is 4.79. The van der Waals surface area contributed by atoms with Gasteiger partial charge in [0, 0.05) is 5.02 Å². The molecule has 0 bridgehead atoms. The van der Waals surface area contributed by atoms with Crippen molar-refractivity contribution >= 4 is 17.6 Å². The van der Waals surface area contributed by atoms with Gasteiger partial charge in [0.2, 0.25) is 0 Å². The second-order valence-electron chi connectivity index (χ2n) is 6.48. The SMILES string of the molecule is COc1ccc(C(NC(=O)NC(C)c2cccc(Cl)c2)C2CC2)cc1. The fraction of sp³-hybridized carbons (Fsp3) is 0.350. The average molecular weight is 359 g/mol. The maximum absolute atomic E-state index is 12.5. The van der Waals surface area contributed by atoms with E-state index < -0.39 is 0 Å². The van der Waals surface area contributed by atoms with Crippen LogP contribution in [0, 0.1) is 5.92 Å². The highest BCUT2D eigenvalue weighted by molar-refractivity contribution is 6.30. The second-order valence-corrected chi connectivity index (χ2v) is 6.92. The van der Waals surface area contributed by atoms with E-state index in [0.29, 0.717) is 10.9 Å². The van der Waals surface area contributed by atoms with Crippen molar-refractivity contribution in [1.82, 2.24) is 10.6 Å². The van der Waals surface area contributed by atoms with Gasteiger partial charge in [0.25, 0.3) is 0 Å². The lowest BCUT2D eigenvalue weighted by atomic mass is 10.0. The summed E-state index contributed by atoms with van der Waals surface area (Å²) >= 11 is 6.03. The highest BCUT2D eigenvalue weighted by Gasteiger charge is 2.33. The minimum atomic E-state index is -0.166. The maximum atomic E-state index is 12.5. The van der Waals surface area contributed by atoms with Crippen LogP contribution in [0.15, 0.2) is 48.5 Å². The van der Waals surface area contributed by atoms with Gasteiger partial charge in [-0.15, -0.1) is 0 Å². The first-order valence-corrected chi connectivity index (χ1v) is 8.91. The molecular weight excluding hydrogens is 336 g/mol. The molecule has 1 saturated carbocycles. The van der Waals surface area contributed by atoms with Crippen LogP contribution >= 0.6 is 11.6 Å². The van der Waals surface area contributed by atoms with Crippen LogP contribution in [-0.2, 0) is 0 Å². The number of carbonyl (C=O) groups is 1. The van der Waals surface area contributed by atoms with Gasteiger partial charge in [-0.2, -0.15) is 0 Å². The van der Waals surface area contributed by atoms with Crippen molar-refractivity contribution in [3.8, 4) is 5.75 Å². The molecule has 25 heavy (non-hydrogen) atoms. The lowest BCUT2D eigenvalue weighted by Gasteiger charge is -2.22. The second kappa shape index (κ2) is 7.79. The molecule has 0 spiro atoms. The molecule has 2 N–H and O–H groups in total. The van der Waals surface area contributed by atoms with Crippen molar-refractivity contribution in [2.75, 3.05) is 7.11 Å². The van der Waals surface area contributed by atoms with Gasteiger partial charge in [-0.05, 0) is 61.1 Å². The number of nitrogens with one attached hydrogen (secondary N) is 2. The van der Waals surface area contributed by atoms with Crippen molar-refractivity contribution < 1.29 is 9.53 Å². The number of amides is 2. The molecule has 0 saturated heterocycles. The van der Waals surface area contributed by atoms with Gasteiger partial charge in [-0.1, -0.05) is 35.9 Å². The fourth-order valence-electron chi connectivity index (χ4n) is 2.95. The van der Waals surface area contributed by atoms with Crippen molar-refractivity contribution in [2.24, 2.45) is 5.92 Å². The number of hydrogen-bond acceptors (Lipinski definition) is 2. The van der Waals surface area contributed by atoms with Gasteiger partial charge in [0.1, 0.15) is 5.75 Å². The third-order valence-electron chi connectivity index (χ3n) is 4.55. The monoisotopic (exact) mass is 358 g/mol. The van der Waals surface area contributed by atoms with E-state index in [2.05, 4.69) is 10.6 Å². The van der Waals surface area contributed by atoms with Crippen molar-refractivity contribution in [3.05, 3.63) is 64.7 Å². The molecule has 2 amide bonds. The first-order valence-electron chi connectivity index (χ1n) is 8.53. The Morgan fingerprint density at radius 1 is 1.12 bits per heavy atom. The molecule has 0 radical (unpaired) electrons. The van der Waals surface area contributed by atoms with Gasteiger partial charge >= 0.3 is 6.03 Å². The summed E-state index contributed by atoms with van der Waals surface area (Å²) in [5, 5.41) is 6.79. The van der Waals surface area contributed by atoms with Crippen LogP contribution in [0.4, 0.5) is 4.79 Å². The van der Waals surface area contributed by atoms with E-state index in [1.807, 2.05) is 55.5 Å². The molecule has 0 heterocycles. The van der Waals surface area contributed by atoms with E-state index >= 15 is 0 Å². The summed E-state index contributed by atoms with van der Waals surface area (Å²) < 4.78 is 5.21. The number of methoxy groups -OCH3 is 1. The van der Waals surface area contributed by atoms with Crippen LogP contribution in [0.5, 0.6) is 5.75 Å².